The van der Waals surface area contributed by atoms with Crippen LogP contribution in [0.15, 0.2) is 43.0 Å². The van der Waals surface area contributed by atoms with E-state index in [4.69, 9.17) is 9.47 Å². The first-order valence-corrected chi connectivity index (χ1v) is 5.87. The van der Waals surface area contributed by atoms with Gasteiger partial charge in [-0.1, -0.05) is 36.4 Å². The van der Waals surface area contributed by atoms with Crippen molar-refractivity contribution < 1.29 is 14.3 Å². The molecule has 3 nitrogen and oxygen atoms in total. The Kier molecular flexibility index (Phi) is 5.10. The summed E-state index contributed by atoms with van der Waals surface area (Å²) in [5.74, 6) is -0.293. The van der Waals surface area contributed by atoms with Crippen LogP contribution in [0.4, 0.5) is 0 Å². The molecule has 0 fully saturated rings. The molecule has 0 unspecified atom stereocenters. The maximum Gasteiger partial charge on any atom is 0.314 e. The van der Waals surface area contributed by atoms with Crippen molar-refractivity contribution in [2.24, 2.45) is 5.41 Å². The van der Waals surface area contributed by atoms with Gasteiger partial charge in [0.2, 0.25) is 0 Å². The van der Waals surface area contributed by atoms with Gasteiger partial charge in [-0.05, 0) is 18.9 Å². The molecule has 0 aliphatic rings. The molecule has 0 heterocycles. The van der Waals surface area contributed by atoms with E-state index in [0.29, 0.717) is 6.42 Å². The Morgan fingerprint density at radius 2 is 2.00 bits per heavy atom. The van der Waals surface area contributed by atoms with Crippen molar-refractivity contribution in [3.05, 3.63) is 48.6 Å². The van der Waals surface area contributed by atoms with E-state index >= 15 is 0 Å². The zero-order chi connectivity index (χ0) is 13.6. The summed E-state index contributed by atoms with van der Waals surface area (Å²) in [6, 6.07) is 9.66. The van der Waals surface area contributed by atoms with Crippen molar-refractivity contribution in [1.82, 2.24) is 0 Å². The molecule has 0 aliphatic heterocycles. The molecule has 1 aromatic rings. The summed E-state index contributed by atoms with van der Waals surface area (Å²) in [5, 5.41) is 0. The predicted molar refractivity (Wildman–Crippen MR) is 71.1 cm³/mol. The molecule has 2 atom stereocenters. The maximum absolute atomic E-state index is 12.0. The van der Waals surface area contributed by atoms with Gasteiger partial charge >= 0.3 is 5.97 Å². The lowest BCUT2D eigenvalue weighted by Gasteiger charge is -2.33. The number of hydrogen-bond acceptors (Lipinski definition) is 3. The topological polar surface area (TPSA) is 35.5 Å². The van der Waals surface area contributed by atoms with E-state index in [2.05, 4.69) is 6.58 Å². The van der Waals surface area contributed by atoms with Crippen LogP contribution in [0.25, 0.3) is 0 Å². The molecule has 0 aliphatic carbocycles. The third-order valence-electron chi connectivity index (χ3n) is 3.14. The first kappa shape index (κ1) is 14.5. The SMILES string of the molecule is C=CC[C@](C)(C(=O)OC)[C@H](OC)c1ccccc1. The highest BCUT2D eigenvalue weighted by molar-refractivity contribution is 5.77. The first-order chi connectivity index (χ1) is 8.60. The minimum Gasteiger partial charge on any atom is -0.469 e. The summed E-state index contributed by atoms with van der Waals surface area (Å²) in [6.45, 7) is 5.54. The minimum absolute atomic E-state index is 0.293. The second-order valence-corrected chi connectivity index (χ2v) is 4.43. The number of allylic oxidation sites excluding steroid dienone is 1. The molecule has 1 aromatic carbocycles. The van der Waals surface area contributed by atoms with Gasteiger partial charge in [-0.2, -0.15) is 0 Å². The average molecular weight is 248 g/mol. The smallest absolute Gasteiger partial charge is 0.314 e. The molecule has 0 aromatic heterocycles. The van der Waals surface area contributed by atoms with Gasteiger partial charge in [-0.3, -0.25) is 4.79 Å². The fourth-order valence-corrected chi connectivity index (χ4v) is 2.22. The fourth-order valence-electron chi connectivity index (χ4n) is 2.22. The normalized spacial score (nSPS) is 15.5. The molecule has 1 rings (SSSR count). The van der Waals surface area contributed by atoms with Crippen LogP contribution in [0.3, 0.4) is 0 Å². The molecule has 0 saturated heterocycles. The monoisotopic (exact) mass is 248 g/mol. The van der Waals surface area contributed by atoms with E-state index in [9.17, 15) is 4.79 Å². The van der Waals surface area contributed by atoms with Gasteiger partial charge in [0, 0.05) is 7.11 Å². The zero-order valence-corrected chi connectivity index (χ0v) is 11.2. The maximum atomic E-state index is 12.0. The van der Waals surface area contributed by atoms with Crippen LogP contribution >= 0.6 is 0 Å². The Labute approximate surface area is 108 Å². The second-order valence-electron chi connectivity index (χ2n) is 4.43. The molecule has 0 N–H and O–H groups in total. The van der Waals surface area contributed by atoms with Crippen LogP contribution in [0.2, 0.25) is 0 Å². The molecule has 0 amide bonds. The van der Waals surface area contributed by atoms with Crippen molar-refractivity contribution in [1.29, 1.82) is 0 Å². The van der Waals surface area contributed by atoms with Gasteiger partial charge < -0.3 is 9.47 Å². The first-order valence-electron chi connectivity index (χ1n) is 5.87. The van der Waals surface area contributed by atoms with Crippen LogP contribution in [0, 0.1) is 5.41 Å². The van der Waals surface area contributed by atoms with Gasteiger partial charge in [-0.15, -0.1) is 6.58 Å². The summed E-state index contributed by atoms with van der Waals surface area (Å²) in [7, 11) is 2.99. The molecule has 18 heavy (non-hydrogen) atoms. The van der Waals surface area contributed by atoms with Gasteiger partial charge in [0.05, 0.1) is 18.6 Å². The number of esters is 1. The Bertz CT molecular complexity index is 399. The Morgan fingerprint density at radius 3 is 2.44 bits per heavy atom. The highest BCUT2D eigenvalue weighted by Crippen LogP contribution is 2.40. The van der Waals surface area contributed by atoms with Crippen molar-refractivity contribution in [3.63, 3.8) is 0 Å². The summed E-state index contributed by atoms with van der Waals surface area (Å²) in [4.78, 5) is 12.0. The highest BCUT2D eigenvalue weighted by Gasteiger charge is 2.42. The molecule has 0 spiro atoms. The van der Waals surface area contributed by atoms with Gasteiger partial charge in [-0.25, -0.2) is 0 Å². The van der Waals surface area contributed by atoms with E-state index < -0.39 is 5.41 Å². The third-order valence-corrected chi connectivity index (χ3v) is 3.14. The predicted octanol–water partition coefficient (Wildman–Crippen LogP) is 3.13. The zero-order valence-electron chi connectivity index (χ0n) is 11.2. The van der Waals surface area contributed by atoms with Crippen LogP contribution in [0.1, 0.15) is 25.0 Å². The third kappa shape index (κ3) is 2.79. The van der Waals surface area contributed by atoms with E-state index in [0.717, 1.165) is 5.56 Å². The molecule has 3 heteroatoms. The molecule has 0 radical (unpaired) electrons. The number of benzene rings is 1. The van der Waals surface area contributed by atoms with Gasteiger partial charge in [0.25, 0.3) is 0 Å². The molecule has 98 valence electrons. The van der Waals surface area contributed by atoms with Crippen molar-refractivity contribution in [2.45, 2.75) is 19.4 Å². The van der Waals surface area contributed by atoms with Crippen molar-refractivity contribution in [2.75, 3.05) is 14.2 Å². The molecule has 0 bridgehead atoms. The summed E-state index contributed by atoms with van der Waals surface area (Å²) < 4.78 is 10.4. The summed E-state index contributed by atoms with van der Waals surface area (Å²) in [6.07, 6.45) is 1.85. The largest absolute Gasteiger partial charge is 0.469 e. The highest BCUT2D eigenvalue weighted by atomic mass is 16.5. The molecular formula is C15H20O3. The number of hydrogen-bond donors (Lipinski definition) is 0. The Hall–Kier alpha value is -1.61. The van der Waals surface area contributed by atoms with Crippen LogP contribution in [0.5, 0.6) is 0 Å². The van der Waals surface area contributed by atoms with Crippen molar-refractivity contribution in [3.8, 4) is 0 Å². The van der Waals surface area contributed by atoms with Crippen LogP contribution < -0.4 is 0 Å². The number of ether oxygens (including phenoxy) is 2. The van der Waals surface area contributed by atoms with Gasteiger partial charge in [0.15, 0.2) is 0 Å². The van der Waals surface area contributed by atoms with E-state index in [1.165, 1.54) is 7.11 Å². The number of carbonyl (C=O) groups excluding carboxylic acids is 1. The van der Waals surface area contributed by atoms with E-state index in [1.54, 1.807) is 13.2 Å². The quantitative estimate of drug-likeness (QED) is 0.573. The lowest BCUT2D eigenvalue weighted by Crippen LogP contribution is -2.36. The average Bonchev–Trinajstić information content (AvgIpc) is 2.40. The minimum atomic E-state index is -0.771. The molecular weight excluding hydrogens is 228 g/mol. The number of methoxy groups -OCH3 is 2. The van der Waals surface area contributed by atoms with Crippen LogP contribution in [-0.4, -0.2) is 20.2 Å². The fraction of sp³-hybridized carbons (Fsp3) is 0.400. The lowest BCUT2D eigenvalue weighted by atomic mass is 9.77. The second kappa shape index (κ2) is 6.36. The Morgan fingerprint density at radius 1 is 1.39 bits per heavy atom. The van der Waals surface area contributed by atoms with E-state index in [-0.39, 0.29) is 12.1 Å². The van der Waals surface area contributed by atoms with Gasteiger partial charge in [0.1, 0.15) is 0 Å². The van der Waals surface area contributed by atoms with Crippen LogP contribution in [-0.2, 0) is 14.3 Å². The van der Waals surface area contributed by atoms with Crippen molar-refractivity contribution >= 4 is 5.97 Å². The lowest BCUT2D eigenvalue weighted by molar-refractivity contribution is -0.160. The summed E-state index contributed by atoms with van der Waals surface area (Å²) in [5.41, 5.74) is 0.182. The number of carbonyl (C=O) groups is 1. The standard InChI is InChI=1S/C15H20O3/c1-5-11-15(2,14(16)18-4)13(17-3)12-9-7-6-8-10-12/h5-10,13H,1,11H2,2-4H3/t13-,15+/m1/s1. The Balaban J connectivity index is 3.17. The molecule has 0 saturated carbocycles. The number of rotatable bonds is 6. The van der Waals surface area contributed by atoms with E-state index in [1.807, 2.05) is 37.3 Å². The summed E-state index contributed by atoms with van der Waals surface area (Å²) >= 11 is 0.